The highest BCUT2D eigenvalue weighted by molar-refractivity contribution is 6.00. The first-order chi connectivity index (χ1) is 19.2. The number of imidazole rings is 1. The Morgan fingerprint density at radius 2 is 1.65 bits per heavy atom. The van der Waals surface area contributed by atoms with E-state index in [4.69, 9.17) is 0 Å². The second-order valence-electron chi connectivity index (χ2n) is 13.7. The molecule has 4 aliphatic rings. The van der Waals surface area contributed by atoms with Crippen LogP contribution in [0.2, 0.25) is 0 Å². The second-order valence-corrected chi connectivity index (χ2v) is 13.7. The molecule has 8 heteroatoms. The normalized spacial score (nSPS) is 29.6. The molecule has 1 unspecified atom stereocenters. The third-order valence-corrected chi connectivity index (χ3v) is 10.9. The molecule has 0 radical (unpaired) electrons. The van der Waals surface area contributed by atoms with E-state index < -0.39 is 6.04 Å². The smallest absolute Gasteiger partial charge is 0.329 e. The maximum absolute atomic E-state index is 13.3. The zero-order valence-electron chi connectivity index (χ0n) is 24.7. The Morgan fingerprint density at radius 3 is 2.35 bits per heavy atom. The van der Waals surface area contributed by atoms with Gasteiger partial charge in [0.15, 0.2) is 0 Å². The lowest BCUT2D eigenvalue weighted by molar-refractivity contribution is -0.135. The number of aryl methyl sites for hydroxylation is 1. The average Bonchev–Trinajstić information content (AvgIpc) is 3.18. The van der Waals surface area contributed by atoms with Crippen molar-refractivity contribution >= 4 is 28.5 Å². The maximum Gasteiger partial charge on any atom is 0.329 e. The van der Waals surface area contributed by atoms with E-state index in [-0.39, 0.29) is 23.9 Å². The van der Waals surface area contributed by atoms with Gasteiger partial charge < -0.3 is 9.80 Å². The van der Waals surface area contributed by atoms with Gasteiger partial charge in [-0.3, -0.25) is 24.0 Å². The number of aromatic nitrogens is 2. The highest BCUT2D eigenvalue weighted by atomic mass is 16.2. The molecule has 8 nitrogen and oxygen atoms in total. The molecule has 1 spiro atoms. The molecule has 3 aliphatic carbocycles. The standard InChI is InChI=1S/C32H47N5O3/c1-34(20-22-8-5-4-6-9-22)24-14-16-32(17-15-24)18-23(19-32)21-35(2)25-10-7-11-26-29(25)36(3)31(40)37(26)27-12-13-28(38)33-30(27)39/h7,10-11,22-24,27H,4-6,8-9,12-21H2,1-3H3,(H,33,38,39). The van der Waals surface area contributed by atoms with Crippen LogP contribution >= 0.6 is 0 Å². The maximum atomic E-state index is 13.3. The molecule has 6 rings (SSSR count). The molecule has 3 saturated carbocycles. The Labute approximate surface area is 238 Å². The molecule has 1 aromatic carbocycles. The predicted octanol–water partition coefficient (Wildman–Crippen LogP) is 4.61. The van der Waals surface area contributed by atoms with Crippen LogP contribution in [0.15, 0.2) is 23.0 Å². The number of benzene rings is 1. The van der Waals surface area contributed by atoms with E-state index in [0.717, 1.165) is 35.2 Å². The molecule has 1 atom stereocenters. The Kier molecular flexibility index (Phi) is 7.57. The number of piperidine rings is 1. The largest absolute Gasteiger partial charge is 0.373 e. The van der Waals surface area contributed by atoms with E-state index in [0.29, 0.717) is 17.8 Å². The Morgan fingerprint density at radius 1 is 0.925 bits per heavy atom. The summed E-state index contributed by atoms with van der Waals surface area (Å²) in [5, 5.41) is 2.40. The fourth-order valence-corrected chi connectivity index (χ4v) is 8.73. The summed E-state index contributed by atoms with van der Waals surface area (Å²) in [6.07, 6.45) is 15.8. The third kappa shape index (κ3) is 5.12. The van der Waals surface area contributed by atoms with Crippen molar-refractivity contribution in [1.29, 1.82) is 0 Å². The number of imide groups is 1. The first kappa shape index (κ1) is 27.6. The number of hydrogen-bond donors (Lipinski definition) is 1. The Bertz CT molecular complexity index is 1310. The van der Waals surface area contributed by atoms with Gasteiger partial charge in [-0.2, -0.15) is 0 Å². The lowest BCUT2D eigenvalue weighted by Gasteiger charge is -2.53. The summed E-state index contributed by atoms with van der Waals surface area (Å²) in [5.41, 5.74) is 2.97. The van der Waals surface area contributed by atoms with E-state index >= 15 is 0 Å². The summed E-state index contributed by atoms with van der Waals surface area (Å²) < 4.78 is 3.24. The van der Waals surface area contributed by atoms with Gasteiger partial charge in [0.05, 0.1) is 16.7 Å². The van der Waals surface area contributed by atoms with E-state index in [1.807, 2.05) is 12.1 Å². The first-order valence-electron chi connectivity index (χ1n) is 15.7. The Hall–Kier alpha value is -2.61. The van der Waals surface area contributed by atoms with Gasteiger partial charge in [0.25, 0.3) is 0 Å². The van der Waals surface area contributed by atoms with Crippen molar-refractivity contribution in [2.45, 2.75) is 95.6 Å². The van der Waals surface area contributed by atoms with Crippen molar-refractivity contribution in [1.82, 2.24) is 19.4 Å². The van der Waals surface area contributed by atoms with Crippen LogP contribution in [0.1, 0.15) is 89.5 Å². The Balaban J connectivity index is 1.08. The molecule has 1 saturated heterocycles. The summed E-state index contributed by atoms with van der Waals surface area (Å²) in [6, 6.07) is 6.08. The molecule has 2 amide bonds. The van der Waals surface area contributed by atoms with Gasteiger partial charge in [-0.15, -0.1) is 0 Å². The van der Waals surface area contributed by atoms with Crippen LogP contribution in [-0.4, -0.2) is 59.1 Å². The molecule has 1 aromatic heterocycles. The lowest BCUT2D eigenvalue weighted by Crippen LogP contribution is -2.48. The number of carbonyl (C=O) groups is 2. The van der Waals surface area contributed by atoms with Crippen LogP contribution in [0.4, 0.5) is 5.69 Å². The molecule has 1 N–H and O–H groups in total. The number of nitrogens with one attached hydrogen (secondary N) is 1. The number of nitrogens with zero attached hydrogens (tertiary/aromatic N) is 4. The molecular formula is C32H47N5O3. The van der Waals surface area contributed by atoms with Crippen molar-refractivity contribution in [3.05, 3.63) is 28.7 Å². The van der Waals surface area contributed by atoms with Crippen LogP contribution in [-0.2, 0) is 16.6 Å². The van der Waals surface area contributed by atoms with Gasteiger partial charge in [-0.05, 0) is 94.2 Å². The van der Waals surface area contributed by atoms with Crippen LogP contribution in [0.3, 0.4) is 0 Å². The van der Waals surface area contributed by atoms with Crippen molar-refractivity contribution in [3.8, 4) is 0 Å². The van der Waals surface area contributed by atoms with Crippen molar-refractivity contribution in [3.63, 3.8) is 0 Å². The van der Waals surface area contributed by atoms with Crippen molar-refractivity contribution < 1.29 is 9.59 Å². The number of para-hydroxylation sites is 1. The SMILES string of the molecule is CN(CC1CC2(CCC(N(C)CC3CCCCC3)CC2)C1)c1cccc2c1n(C)c(=O)n2C1CCC(=O)NC1=O. The minimum atomic E-state index is -0.655. The van der Waals surface area contributed by atoms with Crippen molar-refractivity contribution in [2.75, 3.05) is 32.1 Å². The molecule has 1 aliphatic heterocycles. The highest BCUT2D eigenvalue weighted by Gasteiger charge is 2.46. The number of fused-ring (bicyclic) bond motifs is 1. The van der Waals surface area contributed by atoms with Gasteiger partial charge in [-0.1, -0.05) is 25.3 Å². The number of hydrogen-bond acceptors (Lipinski definition) is 5. The van der Waals surface area contributed by atoms with E-state index in [9.17, 15) is 14.4 Å². The quantitative estimate of drug-likeness (QED) is 0.511. The fourth-order valence-electron chi connectivity index (χ4n) is 8.73. The fraction of sp³-hybridized carbons (Fsp3) is 0.719. The van der Waals surface area contributed by atoms with Crippen LogP contribution < -0.4 is 15.9 Å². The molecule has 0 bridgehead atoms. The van der Waals surface area contributed by atoms with Crippen LogP contribution in [0.5, 0.6) is 0 Å². The van der Waals surface area contributed by atoms with E-state index in [1.54, 1.807) is 16.2 Å². The van der Waals surface area contributed by atoms with Gasteiger partial charge in [0.1, 0.15) is 6.04 Å². The number of anilines is 1. The number of amides is 2. The van der Waals surface area contributed by atoms with E-state index in [1.165, 1.54) is 77.2 Å². The van der Waals surface area contributed by atoms with Gasteiger partial charge in [-0.25, -0.2) is 4.79 Å². The monoisotopic (exact) mass is 549 g/mol. The van der Waals surface area contributed by atoms with Gasteiger partial charge in [0, 0.05) is 39.6 Å². The third-order valence-electron chi connectivity index (χ3n) is 10.9. The second kappa shape index (κ2) is 11.0. The summed E-state index contributed by atoms with van der Waals surface area (Å²) in [4.78, 5) is 42.6. The summed E-state index contributed by atoms with van der Waals surface area (Å²) >= 11 is 0. The van der Waals surface area contributed by atoms with Crippen LogP contribution in [0.25, 0.3) is 11.0 Å². The predicted molar refractivity (Wildman–Crippen MR) is 158 cm³/mol. The molecule has 2 aromatic rings. The summed E-state index contributed by atoms with van der Waals surface area (Å²) in [5.74, 6) is 0.932. The summed E-state index contributed by atoms with van der Waals surface area (Å²) in [6.45, 7) is 2.27. The average molecular weight is 550 g/mol. The van der Waals surface area contributed by atoms with Crippen LogP contribution in [0, 0.1) is 17.3 Å². The molecule has 4 fully saturated rings. The minimum Gasteiger partial charge on any atom is -0.373 e. The summed E-state index contributed by atoms with van der Waals surface area (Å²) in [7, 11) is 6.29. The number of rotatable bonds is 7. The molecule has 40 heavy (non-hydrogen) atoms. The zero-order valence-corrected chi connectivity index (χ0v) is 24.7. The topological polar surface area (TPSA) is 79.6 Å². The lowest BCUT2D eigenvalue weighted by atomic mass is 9.55. The highest BCUT2D eigenvalue weighted by Crippen LogP contribution is 2.55. The number of carbonyl (C=O) groups excluding carboxylic acids is 2. The molecular weight excluding hydrogens is 502 g/mol. The van der Waals surface area contributed by atoms with E-state index in [2.05, 4.69) is 35.3 Å². The molecule has 2 heterocycles. The van der Waals surface area contributed by atoms with Gasteiger partial charge in [0.2, 0.25) is 11.8 Å². The minimum absolute atomic E-state index is 0.210. The van der Waals surface area contributed by atoms with Crippen molar-refractivity contribution in [2.24, 2.45) is 24.3 Å². The zero-order chi connectivity index (χ0) is 28.0. The van der Waals surface area contributed by atoms with Gasteiger partial charge >= 0.3 is 5.69 Å². The molecule has 218 valence electrons. The first-order valence-corrected chi connectivity index (χ1v) is 15.7.